The topological polar surface area (TPSA) is 75.7 Å². The molecule has 0 saturated carbocycles. The molecular weight excluding hydrogens is 284 g/mol. The highest BCUT2D eigenvalue weighted by molar-refractivity contribution is 5.97. The van der Waals surface area contributed by atoms with E-state index in [2.05, 4.69) is 10.1 Å². The first kappa shape index (κ1) is 16.0. The number of nitrogens with zero attached hydrogens (tertiary/aromatic N) is 1. The van der Waals surface area contributed by atoms with Crippen LogP contribution in [0.1, 0.15) is 31.7 Å². The molecule has 6 heteroatoms. The molecule has 1 N–H and O–H groups in total. The molecule has 0 unspecified atom stereocenters. The van der Waals surface area contributed by atoms with Crippen molar-refractivity contribution in [2.45, 2.75) is 33.1 Å². The van der Waals surface area contributed by atoms with Gasteiger partial charge in [0.15, 0.2) is 6.61 Å². The van der Waals surface area contributed by atoms with E-state index in [1.54, 1.807) is 17.0 Å². The first-order valence-electron chi connectivity index (χ1n) is 7.31. The van der Waals surface area contributed by atoms with E-state index in [-0.39, 0.29) is 12.5 Å². The van der Waals surface area contributed by atoms with Crippen molar-refractivity contribution in [3.8, 4) is 0 Å². The molecule has 0 radical (unpaired) electrons. The summed E-state index contributed by atoms with van der Waals surface area (Å²) in [6.45, 7) is 3.56. The molecule has 1 aliphatic rings. The number of hydrogen-bond donors (Lipinski definition) is 1. The van der Waals surface area contributed by atoms with Crippen LogP contribution in [0.4, 0.5) is 11.4 Å². The van der Waals surface area contributed by atoms with E-state index in [0.717, 1.165) is 24.1 Å². The van der Waals surface area contributed by atoms with E-state index in [9.17, 15) is 14.4 Å². The summed E-state index contributed by atoms with van der Waals surface area (Å²) in [4.78, 5) is 36.2. The summed E-state index contributed by atoms with van der Waals surface area (Å²) in [7, 11) is 0. The van der Waals surface area contributed by atoms with E-state index in [0.29, 0.717) is 18.7 Å². The van der Waals surface area contributed by atoms with Crippen LogP contribution in [-0.4, -0.2) is 30.9 Å². The summed E-state index contributed by atoms with van der Waals surface area (Å²) in [5.41, 5.74) is 2.37. The Morgan fingerprint density at radius 2 is 2.09 bits per heavy atom. The van der Waals surface area contributed by atoms with Crippen LogP contribution in [0.15, 0.2) is 18.2 Å². The average molecular weight is 304 g/mol. The van der Waals surface area contributed by atoms with Gasteiger partial charge >= 0.3 is 5.97 Å². The van der Waals surface area contributed by atoms with Crippen molar-refractivity contribution >= 4 is 29.2 Å². The van der Waals surface area contributed by atoms with Gasteiger partial charge in [-0.25, -0.2) is 0 Å². The van der Waals surface area contributed by atoms with Crippen LogP contribution in [0.3, 0.4) is 0 Å². The quantitative estimate of drug-likeness (QED) is 0.863. The average Bonchev–Trinajstić information content (AvgIpc) is 2.48. The van der Waals surface area contributed by atoms with Crippen molar-refractivity contribution in [2.75, 3.05) is 23.4 Å². The minimum atomic E-state index is -0.501. The van der Waals surface area contributed by atoms with Crippen molar-refractivity contribution in [3.05, 3.63) is 23.8 Å². The molecule has 0 aromatic heterocycles. The van der Waals surface area contributed by atoms with Gasteiger partial charge in [-0.05, 0) is 37.5 Å². The van der Waals surface area contributed by atoms with Crippen LogP contribution >= 0.6 is 0 Å². The Kier molecular flexibility index (Phi) is 5.14. The van der Waals surface area contributed by atoms with Crippen molar-refractivity contribution in [1.82, 2.24) is 0 Å². The molecular formula is C16H20N2O4. The maximum atomic E-state index is 12.0. The fourth-order valence-electron chi connectivity index (χ4n) is 2.40. The molecule has 2 amide bonds. The standard InChI is InChI=1S/C16H20N2O4/c1-11-6-7-13(17-15(20)10-22-12(2)19)9-14(11)18-8-4-3-5-16(18)21/h6-7,9H,3-5,8,10H2,1-2H3,(H,17,20). The lowest BCUT2D eigenvalue weighted by atomic mass is 10.1. The van der Waals surface area contributed by atoms with Gasteiger partial charge in [-0.15, -0.1) is 0 Å². The Morgan fingerprint density at radius 3 is 2.77 bits per heavy atom. The van der Waals surface area contributed by atoms with Gasteiger partial charge in [-0.1, -0.05) is 6.07 Å². The molecule has 1 fully saturated rings. The Labute approximate surface area is 129 Å². The van der Waals surface area contributed by atoms with Crippen molar-refractivity contribution < 1.29 is 19.1 Å². The molecule has 1 aromatic carbocycles. The smallest absolute Gasteiger partial charge is 0.303 e. The second kappa shape index (κ2) is 7.06. The highest BCUT2D eigenvalue weighted by Gasteiger charge is 2.21. The third-order valence-electron chi connectivity index (χ3n) is 3.51. The van der Waals surface area contributed by atoms with Gasteiger partial charge in [0.05, 0.1) is 0 Å². The fourth-order valence-corrected chi connectivity index (χ4v) is 2.40. The molecule has 6 nitrogen and oxygen atoms in total. The summed E-state index contributed by atoms with van der Waals surface area (Å²) in [6.07, 6.45) is 2.46. The minimum Gasteiger partial charge on any atom is -0.456 e. The van der Waals surface area contributed by atoms with Crippen LogP contribution < -0.4 is 10.2 Å². The fraction of sp³-hybridized carbons (Fsp3) is 0.438. The number of rotatable bonds is 4. The van der Waals surface area contributed by atoms with Gasteiger partial charge in [0.2, 0.25) is 5.91 Å². The van der Waals surface area contributed by atoms with Gasteiger partial charge in [-0.3, -0.25) is 14.4 Å². The van der Waals surface area contributed by atoms with E-state index in [4.69, 9.17) is 0 Å². The molecule has 0 bridgehead atoms. The number of piperidine rings is 1. The van der Waals surface area contributed by atoms with Crippen molar-refractivity contribution in [1.29, 1.82) is 0 Å². The number of nitrogens with one attached hydrogen (secondary N) is 1. The summed E-state index contributed by atoms with van der Waals surface area (Å²) in [6, 6.07) is 5.40. The highest BCUT2D eigenvalue weighted by Crippen LogP contribution is 2.27. The Hall–Kier alpha value is -2.37. The lowest BCUT2D eigenvalue weighted by Crippen LogP contribution is -2.35. The molecule has 0 spiro atoms. The molecule has 0 aliphatic carbocycles. The second-order valence-corrected chi connectivity index (χ2v) is 5.33. The molecule has 1 aromatic rings. The second-order valence-electron chi connectivity index (χ2n) is 5.33. The summed E-state index contributed by atoms with van der Waals surface area (Å²) < 4.78 is 4.65. The third-order valence-corrected chi connectivity index (χ3v) is 3.51. The van der Waals surface area contributed by atoms with Crippen LogP contribution in [0.2, 0.25) is 0 Å². The summed E-state index contributed by atoms with van der Waals surface area (Å²) >= 11 is 0. The van der Waals surface area contributed by atoms with Crippen LogP contribution in [-0.2, 0) is 19.1 Å². The maximum absolute atomic E-state index is 12.0. The van der Waals surface area contributed by atoms with Gasteiger partial charge in [0.1, 0.15) is 0 Å². The lowest BCUT2D eigenvalue weighted by Gasteiger charge is -2.28. The number of carbonyl (C=O) groups excluding carboxylic acids is 3. The predicted molar refractivity (Wildman–Crippen MR) is 82.6 cm³/mol. The third kappa shape index (κ3) is 4.07. The zero-order chi connectivity index (χ0) is 16.1. The van der Waals surface area contributed by atoms with Crippen LogP contribution in [0.5, 0.6) is 0 Å². The molecule has 22 heavy (non-hydrogen) atoms. The van der Waals surface area contributed by atoms with Crippen molar-refractivity contribution in [3.63, 3.8) is 0 Å². The number of amides is 2. The largest absolute Gasteiger partial charge is 0.456 e. The van der Waals surface area contributed by atoms with Gasteiger partial charge in [0, 0.05) is 31.3 Å². The molecule has 1 heterocycles. The Morgan fingerprint density at radius 1 is 1.32 bits per heavy atom. The van der Waals surface area contributed by atoms with E-state index in [1.807, 2.05) is 13.0 Å². The number of anilines is 2. The molecule has 2 rings (SSSR count). The molecule has 118 valence electrons. The number of aryl methyl sites for hydroxylation is 1. The number of hydrogen-bond acceptors (Lipinski definition) is 4. The maximum Gasteiger partial charge on any atom is 0.303 e. The van der Waals surface area contributed by atoms with Crippen LogP contribution in [0, 0.1) is 6.92 Å². The van der Waals surface area contributed by atoms with Crippen molar-refractivity contribution in [2.24, 2.45) is 0 Å². The number of carbonyl (C=O) groups is 3. The Balaban J connectivity index is 2.11. The predicted octanol–water partition coefficient (Wildman–Crippen LogP) is 2.01. The van der Waals surface area contributed by atoms with E-state index >= 15 is 0 Å². The van der Waals surface area contributed by atoms with Gasteiger partial charge in [-0.2, -0.15) is 0 Å². The summed E-state index contributed by atoms with van der Waals surface area (Å²) in [5, 5.41) is 2.66. The Bertz CT molecular complexity index is 598. The molecule has 0 atom stereocenters. The number of esters is 1. The minimum absolute atomic E-state index is 0.109. The number of benzene rings is 1. The van der Waals surface area contributed by atoms with E-state index < -0.39 is 11.9 Å². The molecule has 1 saturated heterocycles. The lowest BCUT2D eigenvalue weighted by molar-refractivity contribution is -0.144. The molecule has 1 aliphatic heterocycles. The summed E-state index contributed by atoms with van der Waals surface area (Å²) in [5.74, 6) is -0.800. The number of ether oxygens (including phenoxy) is 1. The van der Waals surface area contributed by atoms with E-state index in [1.165, 1.54) is 6.92 Å². The highest BCUT2D eigenvalue weighted by atomic mass is 16.5. The zero-order valence-corrected chi connectivity index (χ0v) is 12.8. The normalized spacial score (nSPS) is 14.6. The van der Waals surface area contributed by atoms with Gasteiger partial charge < -0.3 is 15.0 Å². The first-order chi connectivity index (χ1) is 10.5. The first-order valence-corrected chi connectivity index (χ1v) is 7.31. The van der Waals surface area contributed by atoms with Crippen LogP contribution in [0.25, 0.3) is 0 Å². The zero-order valence-electron chi connectivity index (χ0n) is 12.8. The monoisotopic (exact) mass is 304 g/mol. The van der Waals surface area contributed by atoms with Gasteiger partial charge in [0.25, 0.3) is 5.91 Å². The SMILES string of the molecule is CC(=O)OCC(=O)Nc1ccc(C)c(N2CCCCC2=O)c1.